The van der Waals surface area contributed by atoms with Crippen molar-refractivity contribution < 1.29 is 0 Å². The number of aromatic amines is 2. The fourth-order valence-electron chi connectivity index (χ4n) is 9.24. The minimum Gasteiger partial charge on any atom is -0.323 e. The fourth-order valence-corrected chi connectivity index (χ4v) is 45.3. The van der Waals surface area contributed by atoms with Crippen molar-refractivity contribution in [3.05, 3.63) is 76.7 Å². The predicted octanol–water partition coefficient (Wildman–Crippen LogP) is 28.2. The Balaban J connectivity index is 1.02. The van der Waals surface area contributed by atoms with Crippen molar-refractivity contribution in [2.24, 2.45) is 0 Å². The molecule has 3 aromatic rings. The molecule has 3 aromatic heterocycles. The molecule has 0 atom stereocenters. The van der Waals surface area contributed by atoms with E-state index in [2.05, 4.69) is 65.4 Å². The average molecular weight is 1720 g/mol. The Morgan fingerprint density at radius 1 is 0.240 bits per heavy atom. The number of fused-ring (bicyclic) bond motifs is 18. The smallest absolute Gasteiger partial charge is 0.175 e. The first-order valence-electron chi connectivity index (χ1n) is 32.8. The number of H-pyrrole nitrogens is 2. The number of thioether (sulfide) groups is 20. The summed E-state index contributed by atoms with van der Waals surface area (Å²) in [6, 6.07) is 0. The van der Waals surface area contributed by atoms with Crippen LogP contribution in [0.4, 0.5) is 0 Å². The summed E-state index contributed by atoms with van der Waals surface area (Å²) in [7, 11) is 0. The summed E-state index contributed by atoms with van der Waals surface area (Å²) < 4.78 is 26.5. The Hall–Kier alpha value is 2.12. The quantitative estimate of drug-likeness (QED) is 0.0390. The van der Waals surface area contributed by atoms with Crippen LogP contribution in [0.15, 0.2) is 70.4 Å². The van der Waals surface area contributed by atoms with E-state index in [1.54, 1.807) is 0 Å². The molecule has 8 bridgehead atoms. The van der Waals surface area contributed by atoms with Crippen molar-refractivity contribution in [1.29, 1.82) is 0 Å². The minimum absolute atomic E-state index is 0.694. The Morgan fingerprint density at radius 3 is 0.625 bits per heavy atom. The highest BCUT2D eigenvalue weighted by Gasteiger charge is 2.36. The van der Waals surface area contributed by atoms with E-state index in [1.165, 1.54) is 170 Å². The van der Waals surface area contributed by atoms with Gasteiger partial charge in [-0.3, -0.25) is 0 Å². The van der Waals surface area contributed by atoms with Crippen LogP contribution in [0.5, 0.6) is 0 Å². The minimum atomic E-state index is 0.694. The molecule has 0 fully saturated rings. The van der Waals surface area contributed by atoms with Crippen LogP contribution in [0.2, 0.25) is 0 Å². The summed E-state index contributed by atoms with van der Waals surface area (Å²) in [5, 5.41) is 0. The number of nitrogens with one attached hydrogen (secondary N) is 2. The van der Waals surface area contributed by atoms with Crippen molar-refractivity contribution in [3.8, 4) is 0 Å². The third kappa shape index (κ3) is 18.3. The zero-order chi connectivity index (χ0) is 66.1. The van der Waals surface area contributed by atoms with E-state index >= 15 is 0 Å². The van der Waals surface area contributed by atoms with Crippen LogP contribution in [-0.2, 0) is 0 Å². The second-order valence-electron chi connectivity index (χ2n) is 22.1. The molecule has 0 unspecified atom stereocenters. The Bertz CT molecular complexity index is 4060. The fraction of sp³-hybridized carbons (Fsp3) is 0.500. The van der Waals surface area contributed by atoms with Gasteiger partial charge in [-0.15, -0.1) is 139 Å². The molecule has 0 spiro atoms. The van der Waals surface area contributed by atoms with Gasteiger partial charge in [-0.05, 0) is 97.4 Å². The molecule has 0 saturated carbocycles. The van der Waals surface area contributed by atoms with Crippen molar-refractivity contribution in [2.45, 2.75) is 178 Å². The van der Waals surface area contributed by atoms with Gasteiger partial charge >= 0.3 is 0 Å². The van der Waals surface area contributed by atoms with E-state index in [0.29, 0.717) is 22.6 Å². The lowest BCUT2D eigenvalue weighted by atomic mass is 10.4. The van der Waals surface area contributed by atoms with Crippen molar-refractivity contribution >= 4 is 334 Å². The van der Waals surface area contributed by atoms with Gasteiger partial charge in [0, 0.05) is 0 Å². The third-order valence-electron chi connectivity index (χ3n) is 14.5. The molecule has 8 nitrogen and oxygen atoms in total. The zero-order valence-electron chi connectivity index (χ0n) is 54.5. The molecule has 10 aliphatic heterocycles. The summed E-state index contributed by atoms with van der Waals surface area (Å²) in [4.78, 5) is 46.1. The van der Waals surface area contributed by atoms with Crippen LogP contribution < -0.4 is 7.69 Å². The maximum atomic E-state index is 5.73. The lowest BCUT2D eigenvalue weighted by Gasteiger charge is -2.03. The van der Waals surface area contributed by atoms with Gasteiger partial charge in [-0.2, -0.15) is 0 Å². The summed E-state index contributed by atoms with van der Waals surface area (Å²) >= 11 is 46.9. The zero-order valence-corrected chi connectivity index (χ0v) is 74.0. The Morgan fingerprint density at radius 2 is 0.427 bits per heavy atom. The highest BCUT2D eigenvalue weighted by atomic mass is 32.3. The van der Waals surface area contributed by atoms with Gasteiger partial charge in [-0.1, -0.05) is 248 Å². The molecule has 0 radical (unpaired) electrons. The van der Waals surface area contributed by atoms with Crippen molar-refractivity contribution in [1.82, 2.24) is 39.9 Å². The topological polar surface area (TPSA) is 109 Å². The Labute approximate surface area is 665 Å². The first-order valence-corrected chi connectivity index (χ1v) is 53.8. The molecule has 0 aromatic carbocycles. The first-order chi connectivity index (χ1) is 47.2. The summed E-state index contributed by atoms with van der Waals surface area (Å²) in [6.45, 7) is 18.4. The van der Waals surface area contributed by atoms with Crippen LogP contribution in [0.1, 0.15) is 158 Å². The molecule has 0 saturated heterocycles. The molecule has 10 aliphatic rings. The molecule has 13 rings (SSSR count). The lowest BCUT2D eigenvalue weighted by molar-refractivity contribution is 0.897. The van der Waals surface area contributed by atoms with Crippen LogP contribution in [0.25, 0.3) is 53.7 Å². The van der Waals surface area contributed by atoms with Gasteiger partial charge in [0.05, 0.1) is 97.0 Å². The van der Waals surface area contributed by atoms with E-state index < -0.39 is 0 Å². The van der Waals surface area contributed by atoms with Crippen LogP contribution >= 0.6 is 281 Å². The molecule has 96 heavy (non-hydrogen) atoms. The number of hydrogen-bond donors (Lipinski definition) is 2. The van der Waals surface area contributed by atoms with Crippen molar-refractivity contribution in [2.75, 3.05) is 46.0 Å². The number of aromatic nitrogens is 8. The van der Waals surface area contributed by atoms with Gasteiger partial charge in [0.1, 0.15) is 30.3 Å². The highest BCUT2D eigenvalue weighted by molar-refractivity contribution is 8.47. The third-order valence-corrected chi connectivity index (χ3v) is 49.8. The SMILES string of the molecule is CCCCSC1=C(SCCCC)SC(=C2Sc3c(c4nc5nc(nc6[nH]c(nc7nc(nc3[nH]4)c3sc(=C4SC(SCCCC)=C(SCCCC)S4)sc7=3)c3c6SC(=C4SC(SCCCC)=C(SCCCC)S4)S3)c3sc(=C4SC(SCCCC)=C(SCCCC)S4)sc5=3)S2)S1. The number of nitrogens with zero attached hydrogens (tertiary/aromatic N) is 6. The normalized spacial score (nSPS) is 16.9. The van der Waals surface area contributed by atoms with Crippen LogP contribution in [0, 0.1) is 18.1 Å². The van der Waals surface area contributed by atoms with Gasteiger partial charge in [0.25, 0.3) is 0 Å². The molecule has 0 amide bonds. The van der Waals surface area contributed by atoms with Crippen LogP contribution in [0.3, 0.4) is 0 Å². The summed E-state index contributed by atoms with van der Waals surface area (Å²) in [6.07, 6.45) is 19.4. The largest absolute Gasteiger partial charge is 0.323 e. The van der Waals surface area contributed by atoms with Crippen molar-refractivity contribution in [3.63, 3.8) is 0 Å². The molecule has 13 heterocycles. The highest BCUT2D eigenvalue weighted by Crippen LogP contribution is 2.68. The van der Waals surface area contributed by atoms with E-state index in [1.807, 2.05) is 281 Å². The standard InChI is InChI=1S/C64H74N8S24/c1-9-17-25-73-49-50(74-26-18-10-2)90-61(89-49)57-81-33-34(82-57)42-65-41(33)69-43-35-37(85-58(83-35)62-91-51(75-27-19-11-3)52(92-62)76-28-20-12-4)45(66-43)71-47-39-40(88-60(87-39)64-95-55(79-31-23-15-7)56(96-64)80-32-24-16-8)48(68-47)72-46-38-36(44(67-46)70-42)84-59(86-38)63-93-53(77-29-21-13-5)54(94-63)78-30-22-14-6/h9-32H2,1-8H3,(H2,65,66,67,68,69,70,71,72). The Kier molecular flexibility index (Phi) is 30.0. The summed E-state index contributed by atoms with van der Waals surface area (Å²) in [5.74, 6) is 9.14. The second kappa shape index (κ2) is 37.8. The number of hydrogen-bond acceptors (Lipinski definition) is 30. The summed E-state index contributed by atoms with van der Waals surface area (Å²) in [5.41, 5.74) is 5.90. The molecular weight excluding hydrogens is 1650 g/mol. The average Bonchev–Trinajstić information content (AvgIpc) is 1.60. The lowest BCUT2D eigenvalue weighted by Crippen LogP contribution is -1.88. The van der Waals surface area contributed by atoms with Gasteiger partial charge < -0.3 is 9.97 Å². The maximum absolute atomic E-state index is 5.73. The van der Waals surface area contributed by atoms with E-state index in [-0.39, 0.29) is 0 Å². The van der Waals surface area contributed by atoms with E-state index in [0.717, 1.165) is 106 Å². The second-order valence-corrected chi connectivity index (χ2v) is 51.4. The number of unbranched alkanes of at least 4 members (excludes halogenated alkanes) is 8. The first kappa shape index (κ1) is 76.3. The molecule has 514 valence electrons. The molecule has 2 N–H and O–H groups in total. The van der Waals surface area contributed by atoms with Crippen LogP contribution in [-0.4, -0.2) is 85.9 Å². The molecule has 32 heteroatoms. The maximum Gasteiger partial charge on any atom is 0.175 e. The van der Waals surface area contributed by atoms with E-state index in [9.17, 15) is 0 Å². The number of rotatable bonds is 32. The van der Waals surface area contributed by atoms with Gasteiger partial charge in [0.15, 0.2) is 22.6 Å². The monoisotopic (exact) mass is 1720 g/mol. The predicted molar refractivity (Wildman–Crippen MR) is 472 cm³/mol. The van der Waals surface area contributed by atoms with Gasteiger partial charge in [-0.25, -0.2) is 29.9 Å². The molecular formula is C64H74N8S24. The van der Waals surface area contributed by atoms with Gasteiger partial charge in [0.2, 0.25) is 0 Å². The van der Waals surface area contributed by atoms with E-state index in [4.69, 9.17) is 29.9 Å². The molecule has 0 aliphatic carbocycles.